The van der Waals surface area contributed by atoms with E-state index in [2.05, 4.69) is 28.7 Å². The molecule has 0 aliphatic carbocycles. The number of fused-ring (bicyclic) bond motifs is 1. The van der Waals surface area contributed by atoms with Crippen LogP contribution in [0.15, 0.2) is 11.4 Å². The minimum atomic E-state index is 0.589. The first-order valence-corrected chi connectivity index (χ1v) is 9.01. The van der Waals surface area contributed by atoms with Crippen LogP contribution in [0.4, 0.5) is 0 Å². The Morgan fingerprint density at radius 1 is 1.33 bits per heavy atom. The van der Waals surface area contributed by atoms with Gasteiger partial charge in [0.2, 0.25) is 0 Å². The summed E-state index contributed by atoms with van der Waals surface area (Å²) in [5.41, 5.74) is 0. The number of nitrogens with zero attached hydrogens (tertiary/aromatic N) is 3. The summed E-state index contributed by atoms with van der Waals surface area (Å²) in [6, 6.07) is 1.99. The van der Waals surface area contributed by atoms with Gasteiger partial charge in [-0.3, -0.25) is 4.90 Å². The van der Waals surface area contributed by atoms with Crippen LogP contribution in [0.3, 0.4) is 0 Å². The average molecular weight is 324 g/mol. The molecule has 0 aromatic carbocycles. The van der Waals surface area contributed by atoms with Gasteiger partial charge < -0.3 is 0 Å². The van der Waals surface area contributed by atoms with Gasteiger partial charge in [0.05, 0.1) is 6.54 Å². The summed E-state index contributed by atoms with van der Waals surface area (Å²) in [4.78, 5) is 12.6. The molecule has 3 nitrogen and oxygen atoms in total. The van der Waals surface area contributed by atoms with Crippen LogP contribution in [0.2, 0.25) is 5.15 Å². The van der Waals surface area contributed by atoms with Crippen molar-refractivity contribution in [3.63, 3.8) is 0 Å². The van der Waals surface area contributed by atoms with Crippen LogP contribution in [0.25, 0.3) is 10.2 Å². The summed E-state index contributed by atoms with van der Waals surface area (Å²) in [5, 5.41) is 3.58. The van der Waals surface area contributed by atoms with Crippen molar-refractivity contribution in [1.29, 1.82) is 0 Å². The Labute approximate surface area is 135 Å². The van der Waals surface area contributed by atoms with Crippen molar-refractivity contribution in [1.82, 2.24) is 14.9 Å². The van der Waals surface area contributed by atoms with Crippen LogP contribution < -0.4 is 0 Å². The molecule has 2 aromatic rings. The molecule has 3 rings (SSSR count). The Balaban J connectivity index is 1.70. The molecule has 1 unspecified atom stereocenters. The summed E-state index contributed by atoms with van der Waals surface area (Å²) in [7, 11) is 0. The van der Waals surface area contributed by atoms with Gasteiger partial charge in [-0.15, -0.1) is 11.3 Å². The van der Waals surface area contributed by atoms with E-state index in [1.165, 1.54) is 19.3 Å². The van der Waals surface area contributed by atoms with Gasteiger partial charge in [0.15, 0.2) is 0 Å². The van der Waals surface area contributed by atoms with Gasteiger partial charge in [-0.05, 0) is 55.6 Å². The van der Waals surface area contributed by atoms with E-state index in [1.807, 2.05) is 11.4 Å². The lowest BCUT2D eigenvalue weighted by molar-refractivity contribution is 0.259. The molecule has 1 aliphatic rings. The zero-order valence-electron chi connectivity index (χ0n) is 12.7. The highest BCUT2D eigenvalue weighted by molar-refractivity contribution is 7.16. The SMILES string of the molecule is CC(C)C1CCCN(Cc2nc(Cl)c3ccsc3n2)CC1. The van der Waals surface area contributed by atoms with Crippen molar-refractivity contribution in [3.05, 3.63) is 22.4 Å². The summed E-state index contributed by atoms with van der Waals surface area (Å²) in [6.07, 6.45) is 3.91. The van der Waals surface area contributed by atoms with E-state index in [9.17, 15) is 0 Å². The molecule has 114 valence electrons. The van der Waals surface area contributed by atoms with Crippen LogP contribution >= 0.6 is 22.9 Å². The number of halogens is 1. The van der Waals surface area contributed by atoms with Crippen molar-refractivity contribution >= 4 is 33.2 Å². The van der Waals surface area contributed by atoms with Crippen molar-refractivity contribution in [2.24, 2.45) is 11.8 Å². The van der Waals surface area contributed by atoms with Gasteiger partial charge in [0.25, 0.3) is 0 Å². The maximum absolute atomic E-state index is 6.26. The van der Waals surface area contributed by atoms with Crippen LogP contribution in [-0.4, -0.2) is 28.0 Å². The Kier molecular flexibility index (Phi) is 4.77. The molecule has 0 spiro atoms. The van der Waals surface area contributed by atoms with E-state index < -0.39 is 0 Å². The zero-order chi connectivity index (χ0) is 14.8. The van der Waals surface area contributed by atoms with Crippen molar-refractivity contribution < 1.29 is 0 Å². The molecule has 1 fully saturated rings. The van der Waals surface area contributed by atoms with Crippen LogP contribution in [-0.2, 0) is 6.54 Å². The predicted molar refractivity (Wildman–Crippen MR) is 89.9 cm³/mol. The minimum absolute atomic E-state index is 0.589. The molecule has 0 radical (unpaired) electrons. The fraction of sp³-hybridized carbons (Fsp3) is 0.625. The van der Waals surface area contributed by atoms with Crippen LogP contribution in [0.5, 0.6) is 0 Å². The lowest BCUT2D eigenvalue weighted by Crippen LogP contribution is -2.25. The number of aromatic nitrogens is 2. The average Bonchev–Trinajstić information content (AvgIpc) is 2.78. The molecule has 1 aliphatic heterocycles. The summed E-state index contributed by atoms with van der Waals surface area (Å²) in [5.74, 6) is 2.51. The topological polar surface area (TPSA) is 29.0 Å². The van der Waals surface area contributed by atoms with E-state index >= 15 is 0 Å². The van der Waals surface area contributed by atoms with Gasteiger partial charge >= 0.3 is 0 Å². The highest BCUT2D eigenvalue weighted by Crippen LogP contribution is 2.27. The normalized spacial score (nSPS) is 21.0. The first-order valence-electron chi connectivity index (χ1n) is 7.75. The molecule has 1 atom stereocenters. The summed E-state index contributed by atoms with van der Waals surface area (Å²) < 4.78 is 0. The van der Waals surface area contributed by atoms with Crippen LogP contribution in [0.1, 0.15) is 38.9 Å². The molecule has 0 N–H and O–H groups in total. The maximum Gasteiger partial charge on any atom is 0.145 e. The Morgan fingerprint density at radius 2 is 2.19 bits per heavy atom. The summed E-state index contributed by atoms with van der Waals surface area (Å²) in [6.45, 7) is 7.79. The first-order chi connectivity index (χ1) is 10.1. The zero-order valence-corrected chi connectivity index (χ0v) is 14.3. The van der Waals surface area contributed by atoms with Crippen molar-refractivity contribution in [3.8, 4) is 0 Å². The lowest BCUT2D eigenvalue weighted by atomic mass is 9.89. The second kappa shape index (κ2) is 6.59. The highest BCUT2D eigenvalue weighted by Gasteiger charge is 2.20. The van der Waals surface area contributed by atoms with Gasteiger partial charge in [-0.2, -0.15) is 0 Å². The Bertz CT molecular complexity index is 611. The molecule has 1 saturated heterocycles. The molecule has 2 aromatic heterocycles. The molecule has 3 heterocycles. The number of hydrogen-bond acceptors (Lipinski definition) is 4. The Hall–Kier alpha value is -0.710. The van der Waals surface area contributed by atoms with E-state index in [0.717, 1.165) is 47.5 Å². The van der Waals surface area contributed by atoms with E-state index in [4.69, 9.17) is 11.6 Å². The third-order valence-corrected chi connectivity index (χ3v) is 5.59. The monoisotopic (exact) mass is 323 g/mol. The molecular weight excluding hydrogens is 302 g/mol. The highest BCUT2D eigenvalue weighted by atomic mass is 35.5. The number of hydrogen-bond donors (Lipinski definition) is 0. The molecule has 21 heavy (non-hydrogen) atoms. The van der Waals surface area contributed by atoms with E-state index in [1.54, 1.807) is 11.3 Å². The van der Waals surface area contributed by atoms with Gasteiger partial charge in [0, 0.05) is 5.39 Å². The van der Waals surface area contributed by atoms with E-state index in [0.29, 0.717) is 5.15 Å². The third kappa shape index (κ3) is 3.55. The van der Waals surface area contributed by atoms with Crippen molar-refractivity contribution in [2.45, 2.75) is 39.7 Å². The molecule has 0 amide bonds. The van der Waals surface area contributed by atoms with E-state index in [-0.39, 0.29) is 0 Å². The molecule has 0 saturated carbocycles. The van der Waals surface area contributed by atoms with Gasteiger partial charge in [-0.25, -0.2) is 9.97 Å². The third-order valence-electron chi connectivity index (χ3n) is 4.50. The number of rotatable bonds is 3. The predicted octanol–water partition coefficient (Wildman–Crippen LogP) is 4.60. The fourth-order valence-corrected chi connectivity index (χ4v) is 4.23. The molecular formula is C16H22ClN3S. The number of thiophene rings is 1. The standard InChI is InChI=1S/C16H22ClN3S/c1-11(2)12-4-3-7-20(8-5-12)10-14-18-15(17)13-6-9-21-16(13)19-14/h6,9,11-12H,3-5,7-8,10H2,1-2H3. The summed E-state index contributed by atoms with van der Waals surface area (Å²) >= 11 is 7.89. The second-order valence-electron chi connectivity index (χ2n) is 6.28. The van der Waals surface area contributed by atoms with Gasteiger partial charge in [0.1, 0.15) is 15.8 Å². The molecule has 0 bridgehead atoms. The largest absolute Gasteiger partial charge is 0.296 e. The number of likely N-dealkylation sites (tertiary alicyclic amines) is 1. The molecule has 5 heteroatoms. The smallest absolute Gasteiger partial charge is 0.145 e. The van der Waals surface area contributed by atoms with Crippen molar-refractivity contribution in [2.75, 3.05) is 13.1 Å². The lowest BCUT2D eigenvalue weighted by Gasteiger charge is -2.20. The quantitative estimate of drug-likeness (QED) is 0.773. The minimum Gasteiger partial charge on any atom is -0.296 e. The maximum atomic E-state index is 6.26. The fourth-order valence-electron chi connectivity index (χ4n) is 3.14. The Morgan fingerprint density at radius 3 is 3.00 bits per heavy atom. The second-order valence-corrected chi connectivity index (χ2v) is 7.53. The first kappa shape index (κ1) is 15.2. The van der Waals surface area contributed by atoms with Gasteiger partial charge in [-0.1, -0.05) is 25.4 Å². The van der Waals surface area contributed by atoms with Crippen LogP contribution in [0, 0.1) is 11.8 Å².